The van der Waals surface area contributed by atoms with Crippen LogP contribution >= 0.6 is 0 Å². The van der Waals surface area contributed by atoms with Crippen molar-refractivity contribution < 1.29 is 22.1 Å². The van der Waals surface area contributed by atoms with E-state index >= 15 is 0 Å². The highest BCUT2D eigenvalue weighted by atomic mass is 32.2. The van der Waals surface area contributed by atoms with Crippen LogP contribution in [0.4, 0.5) is 0 Å². The van der Waals surface area contributed by atoms with E-state index in [0.717, 1.165) is 32.1 Å². The molecule has 2 rings (SSSR count). The molecular formula is C11H18O5S. The number of ether oxygens (including phenoxy) is 2. The Morgan fingerprint density at radius 1 is 1.24 bits per heavy atom. The van der Waals surface area contributed by atoms with Crippen molar-refractivity contribution in [1.29, 1.82) is 0 Å². The topological polar surface area (TPSA) is 61.8 Å². The Balaban J connectivity index is 1.76. The molecule has 0 aromatic rings. The summed E-state index contributed by atoms with van der Waals surface area (Å²) in [6, 6.07) is 0. The van der Waals surface area contributed by atoms with Gasteiger partial charge in [-0.2, -0.15) is 8.42 Å². The van der Waals surface area contributed by atoms with Crippen molar-refractivity contribution in [1.82, 2.24) is 0 Å². The van der Waals surface area contributed by atoms with Gasteiger partial charge in [-0.05, 0) is 19.3 Å². The highest BCUT2D eigenvalue weighted by Gasteiger charge is 2.26. The Hall–Kier alpha value is -0.430. The second-order valence-corrected chi connectivity index (χ2v) is 6.03. The zero-order chi connectivity index (χ0) is 12.3. The van der Waals surface area contributed by atoms with Crippen LogP contribution in [-0.4, -0.2) is 39.8 Å². The van der Waals surface area contributed by atoms with Gasteiger partial charge in [-0.3, -0.25) is 4.18 Å². The lowest BCUT2D eigenvalue weighted by Gasteiger charge is -2.25. The molecule has 0 N–H and O–H groups in total. The lowest BCUT2D eigenvalue weighted by molar-refractivity contribution is -0.179. The van der Waals surface area contributed by atoms with Crippen molar-refractivity contribution in [3.63, 3.8) is 0 Å². The van der Waals surface area contributed by atoms with E-state index < -0.39 is 16.2 Å². The van der Waals surface area contributed by atoms with Crippen LogP contribution in [0.25, 0.3) is 0 Å². The standard InChI is InChI=1S/C11H18O5S/c1-17(12,13)16-10-6-5-9(8-10)15-11-4-2-3-7-14-11/h5-6,9-11H,2-4,7-8H2,1H3. The molecule has 1 aliphatic heterocycles. The summed E-state index contributed by atoms with van der Waals surface area (Å²) in [6.45, 7) is 0.740. The van der Waals surface area contributed by atoms with Gasteiger partial charge in [0.15, 0.2) is 6.29 Å². The number of hydrogen-bond acceptors (Lipinski definition) is 5. The van der Waals surface area contributed by atoms with Gasteiger partial charge in [-0.15, -0.1) is 0 Å². The second kappa shape index (κ2) is 5.48. The molecule has 0 saturated carbocycles. The van der Waals surface area contributed by atoms with Crippen molar-refractivity contribution in [2.75, 3.05) is 12.9 Å². The van der Waals surface area contributed by atoms with Crippen LogP contribution in [0.3, 0.4) is 0 Å². The van der Waals surface area contributed by atoms with Crippen LogP contribution < -0.4 is 0 Å². The quantitative estimate of drug-likeness (QED) is 0.563. The molecule has 5 nitrogen and oxygen atoms in total. The summed E-state index contributed by atoms with van der Waals surface area (Å²) in [6.07, 6.45) is 7.60. The van der Waals surface area contributed by atoms with Crippen LogP contribution in [0.5, 0.6) is 0 Å². The summed E-state index contributed by atoms with van der Waals surface area (Å²) >= 11 is 0. The SMILES string of the molecule is CS(=O)(=O)OC1C=CC(OC2CCCCO2)C1. The van der Waals surface area contributed by atoms with Gasteiger partial charge >= 0.3 is 0 Å². The molecule has 0 aromatic carbocycles. The molecule has 3 atom stereocenters. The van der Waals surface area contributed by atoms with Crippen molar-refractivity contribution >= 4 is 10.1 Å². The van der Waals surface area contributed by atoms with E-state index in [1.165, 1.54) is 0 Å². The third-order valence-electron chi connectivity index (χ3n) is 2.77. The maximum absolute atomic E-state index is 11.0. The Morgan fingerprint density at radius 3 is 2.65 bits per heavy atom. The van der Waals surface area contributed by atoms with Crippen LogP contribution in [0, 0.1) is 0 Å². The fourth-order valence-electron chi connectivity index (χ4n) is 2.04. The highest BCUT2D eigenvalue weighted by molar-refractivity contribution is 7.86. The van der Waals surface area contributed by atoms with E-state index in [2.05, 4.69) is 0 Å². The molecular weight excluding hydrogens is 244 g/mol. The molecule has 1 fully saturated rings. The predicted octanol–water partition coefficient (Wildman–Crippen LogP) is 1.20. The van der Waals surface area contributed by atoms with E-state index in [0.29, 0.717) is 6.42 Å². The highest BCUT2D eigenvalue weighted by Crippen LogP contribution is 2.23. The molecule has 0 spiro atoms. The molecule has 1 heterocycles. The summed E-state index contributed by atoms with van der Waals surface area (Å²) in [5.41, 5.74) is 0. The summed E-state index contributed by atoms with van der Waals surface area (Å²) < 4.78 is 38.0. The predicted molar refractivity (Wildman–Crippen MR) is 61.9 cm³/mol. The molecule has 0 radical (unpaired) electrons. The zero-order valence-electron chi connectivity index (χ0n) is 9.87. The first-order valence-electron chi connectivity index (χ1n) is 5.86. The summed E-state index contributed by atoms with van der Waals surface area (Å²) in [7, 11) is -3.40. The molecule has 2 aliphatic rings. The first-order valence-corrected chi connectivity index (χ1v) is 7.68. The van der Waals surface area contributed by atoms with Crippen LogP contribution in [0.15, 0.2) is 12.2 Å². The van der Waals surface area contributed by atoms with E-state index in [-0.39, 0.29) is 12.4 Å². The molecule has 1 saturated heterocycles. The Bertz CT molecular complexity index is 369. The minimum absolute atomic E-state index is 0.107. The Kier molecular flexibility index (Phi) is 4.19. The van der Waals surface area contributed by atoms with Crippen molar-refractivity contribution in [2.45, 2.75) is 44.2 Å². The van der Waals surface area contributed by atoms with Gasteiger partial charge < -0.3 is 9.47 Å². The fraction of sp³-hybridized carbons (Fsp3) is 0.818. The first-order chi connectivity index (χ1) is 8.03. The Morgan fingerprint density at radius 2 is 2.00 bits per heavy atom. The van der Waals surface area contributed by atoms with Gasteiger partial charge in [0.1, 0.15) is 0 Å². The molecule has 3 unspecified atom stereocenters. The minimum Gasteiger partial charge on any atom is -0.353 e. The minimum atomic E-state index is -3.40. The van der Waals surface area contributed by atoms with E-state index in [1.54, 1.807) is 6.08 Å². The van der Waals surface area contributed by atoms with Gasteiger partial charge in [0.25, 0.3) is 10.1 Å². The van der Waals surface area contributed by atoms with Crippen LogP contribution in [0.2, 0.25) is 0 Å². The lowest BCUT2D eigenvalue weighted by Crippen LogP contribution is -2.27. The summed E-state index contributed by atoms with van der Waals surface area (Å²) in [5, 5.41) is 0. The summed E-state index contributed by atoms with van der Waals surface area (Å²) in [5.74, 6) is 0. The zero-order valence-corrected chi connectivity index (χ0v) is 10.7. The molecule has 17 heavy (non-hydrogen) atoms. The summed E-state index contributed by atoms with van der Waals surface area (Å²) in [4.78, 5) is 0. The van der Waals surface area contributed by atoms with Crippen molar-refractivity contribution in [2.24, 2.45) is 0 Å². The van der Waals surface area contributed by atoms with Crippen molar-refractivity contribution in [3.8, 4) is 0 Å². The first kappa shape index (κ1) is 13.0. The molecule has 0 bridgehead atoms. The molecule has 1 aliphatic carbocycles. The average molecular weight is 262 g/mol. The number of hydrogen-bond donors (Lipinski definition) is 0. The molecule has 0 aromatic heterocycles. The lowest BCUT2D eigenvalue weighted by atomic mass is 10.2. The van der Waals surface area contributed by atoms with Gasteiger partial charge in [0.05, 0.1) is 18.5 Å². The van der Waals surface area contributed by atoms with Gasteiger partial charge in [0, 0.05) is 13.0 Å². The van der Waals surface area contributed by atoms with Crippen LogP contribution in [0.1, 0.15) is 25.7 Å². The maximum Gasteiger partial charge on any atom is 0.264 e. The monoisotopic (exact) mass is 262 g/mol. The molecule has 98 valence electrons. The second-order valence-electron chi connectivity index (χ2n) is 4.43. The van der Waals surface area contributed by atoms with E-state index in [9.17, 15) is 8.42 Å². The van der Waals surface area contributed by atoms with Gasteiger partial charge in [-0.25, -0.2) is 0 Å². The van der Waals surface area contributed by atoms with Gasteiger partial charge in [0.2, 0.25) is 0 Å². The Labute approximate surface area is 102 Å². The largest absolute Gasteiger partial charge is 0.353 e. The van der Waals surface area contributed by atoms with Gasteiger partial charge in [-0.1, -0.05) is 12.2 Å². The third kappa shape index (κ3) is 4.39. The average Bonchev–Trinajstić information content (AvgIpc) is 2.64. The smallest absolute Gasteiger partial charge is 0.264 e. The maximum atomic E-state index is 11.0. The molecule has 6 heteroatoms. The molecule has 0 amide bonds. The fourth-order valence-corrected chi connectivity index (χ4v) is 2.64. The normalized spacial score (nSPS) is 34.1. The van der Waals surface area contributed by atoms with E-state index in [1.807, 2.05) is 6.08 Å². The van der Waals surface area contributed by atoms with Crippen LogP contribution in [-0.2, 0) is 23.8 Å². The van der Waals surface area contributed by atoms with E-state index in [4.69, 9.17) is 13.7 Å². The number of rotatable bonds is 4. The van der Waals surface area contributed by atoms with Crippen molar-refractivity contribution in [3.05, 3.63) is 12.2 Å². The third-order valence-corrected chi connectivity index (χ3v) is 3.36.